The molecule has 0 N–H and O–H groups in total. The number of ether oxygens (including phenoxy) is 1. The van der Waals surface area contributed by atoms with Crippen LogP contribution in [0.3, 0.4) is 0 Å². The molecule has 1 saturated heterocycles. The molecule has 0 saturated carbocycles. The highest BCUT2D eigenvalue weighted by Gasteiger charge is 2.08. The van der Waals surface area contributed by atoms with Gasteiger partial charge in [-0.25, -0.2) is 0 Å². The summed E-state index contributed by atoms with van der Waals surface area (Å²) in [4.78, 5) is 4.71. The zero-order valence-electron chi connectivity index (χ0n) is 8.25. The Kier molecular flexibility index (Phi) is 4.58. The van der Waals surface area contributed by atoms with Crippen molar-refractivity contribution < 1.29 is 4.74 Å². The van der Waals surface area contributed by atoms with Gasteiger partial charge in [0.25, 0.3) is 0 Å². The maximum absolute atomic E-state index is 5.38. The quantitative estimate of drug-likeness (QED) is 0.608. The lowest BCUT2D eigenvalue weighted by Crippen LogP contribution is -2.33. The molecule has 0 aliphatic carbocycles. The van der Waals surface area contributed by atoms with Crippen molar-refractivity contribution in [1.29, 1.82) is 0 Å². The molecule has 72 valence electrons. The van der Waals surface area contributed by atoms with Crippen molar-refractivity contribution >= 4 is 0 Å². The van der Waals surface area contributed by atoms with Crippen LogP contribution in [0.2, 0.25) is 0 Å². The molecular weight excluding hydrogens is 152 g/mol. The Labute approximate surface area is 75.3 Å². The summed E-state index contributed by atoms with van der Waals surface area (Å²) < 4.78 is 5.38. The average molecular weight is 172 g/mol. The topological polar surface area (TPSA) is 15.7 Å². The first-order valence-corrected chi connectivity index (χ1v) is 4.74. The Balaban J connectivity index is 2.12. The molecule has 0 aromatic carbocycles. The summed E-state index contributed by atoms with van der Waals surface area (Å²) in [5.74, 6) is 0. The minimum atomic E-state index is 0.910. The summed E-state index contributed by atoms with van der Waals surface area (Å²) in [6.45, 7) is 6.49. The molecule has 0 unspecified atom stereocenters. The highest BCUT2D eigenvalue weighted by Crippen LogP contribution is 1.98. The molecule has 0 aromatic rings. The molecule has 1 heterocycles. The van der Waals surface area contributed by atoms with E-state index in [-0.39, 0.29) is 0 Å². The van der Waals surface area contributed by atoms with Gasteiger partial charge < -0.3 is 9.64 Å². The van der Waals surface area contributed by atoms with Crippen LogP contribution in [-0.4, -0.2) is 63.3 Å². The van der Waals surface area contributed by atoms with Gasteiger partial charge in [-0.3, -0.25) is 4.90 Å². The fourth-order valence-corrected chi connectivity index (χ4v) is 1.36. The molecule has 0 aromatic heterocycles. The van der Waals surface area contributed by atoms with E-state index in [9.17, 15) is 0 Å². The molecule has 1 rings (SSSR count). The molecule has 0 amide bonds. The third-order valence-electron chi connectivity index (χ3n) is 2.18. The summed E-state index contributed by atoms with van der Waals surface area (Å²) in [5, 5.41) is 0. The molecule has 1 aliphatic rings. The SMILES string of the molecule is CN(C)CCN1CCCOCC1. The third kappa shape index (κ3) is 4.04. The normalized spacial score (nSPS) is 21.2. The second-order valence-electron chi connectivity index (χ2n) is 3.61. The van der Waals surface area contributed by atoms with Crippen LogP contribution < -0.4 is 0 Å². The largest absolute Gasteiger partial charge is 0.380 e. The molecule has 0 bridgehead atoms. The summed E-state index contributed by atoms with van der Waals surface area (Å²) in [5.41, 5.74) is 0. The Bertz CT molecular complexity index is 109. The monoisotopic (exact) mass is 172 g/mol. The van der Waals surface area contributed by atoms with Crippen molar-refractivity contribution in [2.75, 3.05) is 53.5 Å². The minimum Gasteiger partial charge on any atom is -0.380 e. The molecule has 1 fully saturated rings. The summed E-state index contributed by atoms with van der Waals surface area (Å²) in [6.07, 6.45) is 1.19. The standard InChI is InChI=1S/C9H20N2O/c1-10(2)5-6-11-4-3-8-12-9-7-11/h3-9H2,1-2H3. The average Bonchev–Trinajstić information content (AvgIpc) is 2.28. The van der Waals surface area contributed by atoms with Crippen LogP contribution in [0.1, 0.15) is 6.42 Å². The fraction of sp³-hybridized carbons (Fsp3) is 1.00. The molecular formula is C9H20N2O. The van der Waals surface area contributed by atoms with E-state index in [4.69, 9.17) is 4.74 Å². The molecule has 3 nitrogen and oxygen atoms in total. The van der Waals surface area contributed by atoms with E-state index in [0.29, 0.717) is 0 Å². The van der Waals surface area contributed by atoms with Gasteiger partial charge >= 0.3 is 0 Å². The van der Waals surface area contributed by atoms with Crippen LogP contribution in [0.4, 0.5) is 0 Å². The van der Waals surface area contributed by atoms with E-state index in [1.54, 1.807) is 0 Å². The van der Waals surface area contributed by atoms with Gasteiger partial charge in [-0.1, -0.05) is 0 Å². The highest BCUT2D eigenvalue weighted by atomic mass is 16.5. The van der Waals surface area contributed by atoms with Crippen LogP contribution in [0, 0.1) is 0 Å². The van der Waals surface area contributed by atoms with E-state index >= 15 is 0 Å². The van der Waals surface area contributed by atoms with Crippen molar-refractivity contribution in [3.05, 3.63) is 0 Å². The van der Waals surface area contributed by atoms with Crippen molar-refractivity contribution in [2.45, 2.75) is 6.42 Å². The van der Waals surface area contributed by atoms with Crippen LogP contribution in [0.15, 0.2) is 0 Å². The first kappa shape index (κ1) is 9.96. The molecule has 0 atom stereocenters. The highest BCUT2D eigenvalue weighted by molar-refractivity contribution is 4.62. The van der Waals surface area contributed by atoms with Gasteiger partial charge in [0.15, 0.2) is 0 Å². The predicted molar refractivity (Wildman–Crippen MR) is 50.4 cm³/mol. The molecule has 0 spiro atoms. The van der Waals surface area contributed by atoms with Crippen LogP contribution >= 0.6 is 0 Å². The smallest absolute Gasteiger partial charge is 0.0593 e. The lowest BCUT2D eigenvalue weighted by Gasteiger charge is -2.20. The number of hydrogen-bond acceptors (Lipinski definition) is 3. The Morgan fingerprint density at radius 3 is 2.83 bits per heavy atom. The van der Waals surface area contributed by atoms with Crippen LogP contribution in [-0.2, 0) is 4.74 Å². The van der Waals surface area contributed by atoms with E-state index in [0.717, 1.165) is 26.3 Å². The van der Waals surface area contributed by atoms with Gasteiger partial charge in [0.1, 0.15) is 0 Å². The molecule has 12 heavy (non-hydrogen) atoms. The van der Waals surface area contributed by atoms with E-state index < -0.39 is 0 Å². The van der Waals surface area contributed by atoms with E-state index in [2.05, 4.69) is 23.9 Å². The lowest BCUT2D eigenvalue weighted by molar-refractivity contribution is 0.140. The van der Waals surface area contributed by atoms with Gasteiger partial charge in [-0.15, -0.1) is 0 Å². The van der Waals surface area contributed by atoms with Crippen molar-refractivity contribution in [2.24, 2.45) is 0 Å². The molecule has 3 heteroatoms. The second-order valence-corrected chi connectivity index (χ2v) is 3.61. The Hall–Kier alpha value is -0.120. The van der Waals surface area contributed by atoms with Crippen molar-refractivity contribution in [3.8, 4) is 0 Å². The van der Waals surface area contributed by atoms with Crippen LogP contribution in [0.5, 0.6) is 0 Å². The third-order valence-corrected chi connectivity index (χ3v) is 2.18. The lowest BCUT2D eigenvalue weighted by atomic mass is 10.4. The maximum atomic E-state index is 5.38. The zero-order chi connectivity index (χ0) is 8.81. The Morgan fingerprint density at radius 1 is 1.25 bits per heavy atom. The predicted octanol–water partition coefficient (Wildman–Crippen LogP) is 0.270. The Morgan fingerprint density at radius 2 is 2.08 bits per heavy atom. The number of nitrogens with zero attached hydrogens (tertiary/aromatic N) is 2. The maximum Gasteiger partial charge on any atom is 0.0593 e. The fourth-order valence-electron chi connectivity index (χ4n) is 1.36. The van der Waals surface area contributed by atoms with E-state index in [1.165, 1.54) is 19.5 Å². The summed E-state index contributed by atoms with van der Waals surface area (Å²) >= 11 is 0. The van der Waals surface area contributed by atoms with E-state index in [1.807, 2.05) is 0 Å². The number of rotatable bonds is 3. The number of likely N-dealkylation sites (N-methyl/N-ethyl adjacent to an activating group) is 1. The number of hydrogen-bond donors (Lipinski definition) is 0. The zero-order valence-corrected chi connectivity index (χ0v) is 8.25. The molecule has 1 aliphatic heterocycles. The molecule has 0 radical (unpaired) electrons. The second kappa shape index (κ2) is 5.51. The first-order valence-electron chi connectivity index (χ1n) is 4.74. The summed E-state index contributed by atoms with van der Waals surface area (Å²) in [6, 6.07) is 0. The van der Waals surface area contributed by atoms with Gasteiger partial charge in [0, 0.05) is 32.8 Å². The van der Waals surface area contributed by atoms with Crippen LogP contribution in [0.25, 0.3) is 0 Å². The van der Waals surface area contributed by atoms with Crippen molar-refractivity contribution in [1.82, 2.24) is 9.80 Å². The first-order chi connectivity index (χ1) is 5.79. The van der Waals surface area contributed by atoms with Gasteiger partial charge in [0.05, 0.1) is 6.61 Å². The van der Waals surface area contributed by atoms with Gasteiger partial charge in [-0.2, -0.15) is 0 Å². The van der Waals surface area contributed by atoms with Gasteiger partial charge in [-0.05, 0) is 20.5 Å². The van der Waals surface area contributed by atoms with Crippen molar-refractivity contribution in [3.63, 3.8) is 0 Å². The van der Waals surface area contributed by atoms with Gasteiger partial charge in [0.2, 0.25) is 0 Å². The summed E-state index contributed by atoms with van der Waals surface area (Å²) in [7, 11) is 4.24. The minimum absolute atomic E-state index is 0.910.